The zero-order valence-corrected chi connectivity index (χ0v) is 17.4. The van der Waals surface area contributed by atoms with E-state index in [9.17, 15) is 0 Å². The minimum Gasteiger partial charge on any atom is -0.493 e. The van der Waals surface area contributed by atoms with Gasteiger partial charge in [0.15, 0.2) is 0 Å². The van der Waals surface area contributed by atoms with Crippen molar-refractivity contribution in [3.05, 3.63) is 73.1 Å². The lowest BCUT2D eigenvalue weighted by Gasteiger charge is -2.11. The molecule has 0 N–H and O–H groups in total. The summed E-state index contributed by atoms with van der Waals surface area (Å²) in [4.78, 5) is 4.58. The van der Waals surface area contributed by atoms with E-state index in [2.05, 4.69) is 64.1 Å². The summed E-state index contributed by atoms with van der Waals surface area (Å²) in [5, 5.41) is 0. The average molecular weight is 399 g/mol. The largest absolute Gasteiger partial charge is 0.493 e. The maximum atomic E-state index is 5.87. The van der Waals surface area contributed by atoms with Crippen molar-refractivity contribution in [2.45, 2.75) is 32.8 Å². The number of benzene rings is 2. The normalized spacial score (nSPS) is 13.7. The Morgan fingerprint density at radius 3 is 2.23 bits per heavy atom. The van der Waals surface area contributed by atoms with Gasteiger partial charge in [0.25, 0.3) is 0 Å². The summed E-state index contributed by atoms with van der Waals surface area (Å²) in [6.07, 6.45) is 6.85. The van der Waals surface area contributed by atoms with Crippen LogP contribution in [0.2, 0.25) is 0 Å². The Kier molecular flexibility index (Phi) is 4.91. The van der Waals surface area contributed by atoms with Crippen molar-refractivity contribution in [3.8, 4) is 33.9 Å². The van der Waals surface area contributed by atoms with Crippen LogP contribution in [-0.2, 0) is 0 Å². The number of hydrogen-bond acceptors (Lipinski definition) is 3. The molecule has 2 heterocycles. The minimum atomic E-state index is 0.172. The van der Waals surface area contributed by atoms with Crippen LogP contribution < -0.4 is 9.47 Å². The lowest BCUT2D eigenvalue weighted by Crippen LogP contribution is -2.05. The lowest BCUT2D eigenvalue weighted by atomic mass is 10.1. The molecule has 0 radical (unpaired) electrons. The second-order valence-electron chi connectivity index (χ2n) is 8.26. The molecule has 0 unspecified atom stereocenters. The van der Waals surface area contributed by atoms with Crippen molar-refractivity contribution >= 4 is 5.65 Å². The molecule has 5 rings (SSSR count). The smallest absolute Gasteiger partial charge is 0.137 e. The van der Waals surface area contributed by atoms with Crippen LogP contribution in [0.4, 0.5) is 0 Å². The first-order chi connectivity index (χ1) is 14.7. The average Bonchev–Trinajstić information content (AvgIpc) is 3.50. The molecule has 4 nitrogen and oxygen atoms in total. The second kappa shape index (κ2) is 7.86. The molecule has 2 aromatic heterocycles. The standard InChI is InChI=1S/C26H26N2O2/c1-18(2)30-24-12-5-20(6-13-24)22-9-14-26-27-15-25(28(26)16-22)21-7-10-23(11-8-21)29-17-19-3-4-19/h5-16,18-19H,3-4,17H2,1-2H3. The highest BCUT2D eigenvalue weighted by molar-refractivity contribution is 5.69. The number of fused-ring (bicyclic) bond motifs is 1. The van der Waals surface area contributed by atoms with Crippen LogP contribution in [0.5, 0.6) is 11.5 Å². The number of pyridine rings is 1. The van der Waals surface area contributed by atoms with Gasteiger partial charge < -0.3 is 9.47 Å². The molecular weight excluding hydrogens is 372 g/mol. The molecule has 0 bridgehead atoms. The summed E-state index contributed by atoms with van der Waals surface area (Å²) < 4.78 is 13.8. The van der Waals surface area contributed by atoms with Crippen molar-refractivity contribution < 1.29 is 9.47 Å². The fraction of sp³-hybridized carbons (Fsp3) is 0.269. The molecule has 152 valence electrons. The summed E-state index contributed by atoms with van der Waals surface area (Å²) in [6.45, 7) is 4.90. The first-order valence-electron chi connectivity index (χ1n) is 10.6. The van der Waals surface area contributed by atoms with E-state index in [0.717, 1.165) is 52.1 Å². The molecule has 0 saturated heterocycles. The van der Waals surface area contributed by atoms with Gasteiger partial charge in [-0.1, -0.05) is 12.1 Å². The monoisotopic (exact) mass is 398 g/mol. The quantitative estimate of drug-likeness (QED) is 0.369. The van der Waals surface area contributed by atoms with Crippen LogP contribution in [0.15, 0.2) is 73.1 Å². The van der Waals surface area contributed by atoms with Crippen LogP contribution in [0, 0.1) is 5.92 Å². The number of ether oxygens (including phenoxy) is 2. The molecule has 1 aliphatic rings. The van der Waals surface area contributed by atoms with E-state index < -0.39 is 0 Å². The maximum Gasteiger partial charge on any atom is 0.137 e. The summed E-state index contributed by atoms with van der Waals surface area (Å²) in [6, 6.07) is 20.7. The van der Waals surface area contributed by atoms with Gasteiger partial charge in [0.1, 0.15) is 17.1 Å². The fourth-order valence-electron chi connectivity index (χ4n) is 3.58. The third kappa shape index (κ3) is 4.04. The molecule has 0 aliphatic heterocycles. The van der Waals surface area contributed by atoms with Gasteiger partial charge in [-0.25, -0.2) is 4.98 Å². The third-order valence-electron chi connectivity index (χ3n) is 5.40. The van der Waals surface area contributed by atoms with Crippen molar-refractivity contribution in [1.29, 1.82) is 0 Å². The van der Waals surface area contributed by atoms with Crippen LogP contribution in [-0.4, -0.2) is 22.1 Å². The van der Waals surface area contributed by atoms with Gasteiger partial charge in [-0.15, -0.1) is 0 Å². The molecule has 4 aromatic rings. The molecule has 2 aromatic carbocycles. The number of rotatable bonds is 7. The van der Waals surface area contributed by atoms with E-state index in [1.54, 1.807) is 0 Å². The first-order valence-corrected chi connectivity index (χ1v) is 10.6. The first kappa shape index (κ1) is 18.7. The van der Waals surface area contributed by atoms with Crippen LogP contribution in [0.25, 0.3) is 28.0 Å². The molecule has 1 fully saturated rings. The van der Waals surface area contributed by atoms with Crippen molar-refractivity contribution in [2.75, 3.05) is 6.61 Å². The zero-order chi connectivity index (χ0) is 20.5. The molecule has 30 heavy (non-hydrogen) atoms. The molecule has 0 spiro atoms. The summed E-state index contributed by atoms with van der Waals surface area (Å²) >= 11 is 0. The molecule has 0 atom stereocenters. The Labute approximate surface area is 177 Å². The SMILES string of the molecule is CC(C)Oc1ccc(-c2ccc3ncc(-c4ccc(OCC5CC5)cc4)n3c2)cc1. The highest BCUT2D eigenvalue weighted by Gasteiger charge is 2.21. The predicted molar refractivity (Wildman–Crippen MR) is 120 cm³/mol. The Morgan fingerprint density at radius 1 is 0.867 bits per heavy atom. The van der Waals surface area contributed by atoms with E-state index in [4.69, 9.17) is 9.47 Å². The number of aromatic nitrogens is 2. The van der Waals surface area contributed by atoms with Crippen molar-refractivity contribution in [1.82, 2.24) is 9.38 Å². The highest BCUT2D eigenvalue weighted by Crippen LogP contribution is 2.31. The Bertz CT molecular complexity index is 1140. The summed E-state index contributed by atoms with van der Waals surface area (Å²) in [7, 11) is 0. The number of hydrogen-bond donors (Lipinski definition) is 0. The van der Waals surface area contributed by atoms with E-state index in [1.807, 2.05) is 32.2 Å². The molecular formula is C26H26N2O2. The molecule has 0 amide bonds. The van der Waals surface area contributed by atoms with Gasteiger partial charge in [-0.2, -0.15) is 0 Å². The van der Waals surface area contributed by atoms with Crippen LogP contribution in [0.1, 0.15) is 26.7 Å². The highest BCUT2D eigenvalue weighted by atomic mass is 16.5. The maximum absolute atomic E-state index is 5.87. The summed E-state index contributed by atoms with van der Waals surface area (Å²) in [5.41, 5.74) is 5.42. The fourth-order valence-corrected chi connectivity index (χ4v) is 3.58. The van der Waals surface area contributed by atoms with Crippen molar-refractivity contribution in [2.24, 2.45) is 5.92 Å². The third-order valence-corrected chi connectivity index (χ3v) is 5.40. The Hall–Kier alpha value is -3.27. The van der Waals surface area contributed by atoms with Gasteiger partial charge in [0, 0.05) is 11.8 Å². The van der Waals surface area contributed by atoms with Gasteiger partial charge in [-0.05, 0) is 92.3 Å². The van der Waals surface area contributed by atoms with E-state index in [0.29, 0.717) is 0 Å². The van der Waals surface area contributed by atoms with E-state index in [1.165, 1.54) is 12.8 Å². The van der Waals surface area contributed by atoms with Gasteiger partial charge in [0.05, 0.1) is 24.6 Å². The van der Waals surface area contributed by atoms with Gasteiger partial charge in [-0.3, -0.25) is 4.40 Å². The predicted octanol–water partition coefficient (Wildman–Crippen LogP) is 6.24. The van der Waals surface area contributed by atoms with Gasteiger partial charge >= 0.3 is 0 Å². The molecule has 1 aliphatic carbocycles. The zero-order valence-electron chi connectivity index (χ0n) is 17.4. The summed E-state index contributed by atoms with van der Waals surface area (Å²) in [5.74, 6) is 2.58. The van der Waals surface area contributed by atoms with E-state index in [-0.39, 0.29) is 6.10 Å². The Balaban J connectivity index is 1.41. The second-order valence-corrected chi connectivity index (χ2v) is 8.26. The van der Waals surface area contributed by atoms with Crippen LogP contribution >= 0.6 is 0 Å². The Morgan fingerprint density at radius 2 is 1.53 bits per heavy atom. The van der Waals surface area contributed by atoms with Crippen molar-refractivity contribution in [3.63, 3.8) is 0 Å². The number of nitrogens with zero attached hydrogens (tertiary/aromatic N) is 2. The molecule has 4 heteroatoms. The molecule has 1 saturated carbocycles. The van der Waals surface area contributed by atoms with Gasteiger partial charge in [0.2, 0.25) is 0 Å². The lowest BCUT2D eigenvalue weighted by molar-refractivity contribution is 0.242. The van der Waals surface area contributed by atoms with E-state index >= 15 is 0 Å². The minimum absolute atomic E-state index is 0.172. The topological polar surface area (TPSA) is 35.8 Å². The number of imidazole rings is 1. The van der Waals surface area contributed by atoms with Crippen LogP contribution in [0.3, 0.4) is 0 Å².